The Morgan fingerprint density at radius 3 is 2.05 bits per heavy atom. The van der Waals surface area contributed by atoms with Gasteiger partial charge in [0.15, 0.2) is 0 Å². The van der Waals surface area contributed by atoms with Crippen molar-refractivity contribution in [1.82, 2.24) is 9.80 Å². The van der Waals surface area contributed by atoms with Gasteiger partial charge in [-0.05, 0) is 37.9 Å². The number of benzene rings is 1. The smallest absolute Gasteiger partial charge is 0.0366 e. The van der Waals surface area contributed by atoms with Gasteiger partial charge in [0.1, 0.15) is 0 Å². The lowest BCUT2D eigenvalue weighted by atomic mass is 9.95. The first-order valence-corrected chi connectivity index (χ1v) is 9.02. The molecule has 0 amide bonds. The Labute approximate surface area is 136 Å². The van der Waals surface area contributed by atoms with Crippen LogP contribution in [0.25, 0.3) is 0 Å². The lowest BCUT2D eigenvalue weighted by molar-refractivity contribution is 0.129. The Morgan fingerprint density at radius 1 is 0.864 bits per heavy atom. The van der Waals surface area contributed by atoms with Gasteiger partial charge < -0.3 is 14.7 Å². The second-order valence-electron chi connectivity index (χ2n) is 6.37. The number of anilines is 1. The molecular weight excluding hydrogens is 270 g/mol. The highest BCUT2D eigenvalue weighted by molar-refractivity contribution is 5.46. The molecule has 0 unspecified atom stereocenters. The van der Waals surface area contributed by atoms with E-state index in [0.29, 0.717) is 0 Å². The summed E-state index contributed by atoms with van der Waals surface area (Å²) in [5.41, 5.74) is 1.39. The largest absolute Gasteiger partial charge is 0.372 e. The van der Waals surface area contributed by atoms with E-state index in [0.717, 1.165) is 5.92 Å². The van der Waals surface area contributed by atoms with Crippen LogP contribution in [0.4, 0.5) is 5.69 Å². The van der Waals surface area contributed by atoms with E-state index >= 15 is 0 Å². The second kappa shape index (κ2) is 9.16. The van der Waals surface area contributed by atoms with Crippen molar-refractivity contribution in [2.24, 2.45) is 5.92 Å². The fourth-order valence-corrected chi connectivity index (χ4v) is 3.41. The summed E-state index contributed by atoms with van der Waals surface area (Å²) in [5, 5.41) is 0. The first-order valence-electron chi connectivity index (χ1n) is 9.02. The summed E-state index contributed by atoms with van der Waals surface area (Å²) in [6, 6.07) is 10.9. The summed E-state index contributed by atoms with van der Waals surface area (Å²) in [7, 11) is 2.23. The number of hydrogen-bond acceptors (Lipinski definition) is 3. The molecule has 0 atom stereocenters. The van der Waals surface area contributed by atoms with Gasteiger partial charge >= 0.3 is 0 Å². The van der Waals surface area contributed by atoms with Crippen molar-refractivity contribution in [2.75, 3.05) is 57.8 Å². The maximum atomic E-state index is 2.67. The predicted molar refractivity (Wildman–Crippen MR) is 96.7 cm³/mol. The van der Waals surface area contributed by atoms with Crippen molar-refractivity contribution in [3.8, 4) is 0 Å². The maximum Gasteiger partial charge on any atom is 0.0366 e. The van der Waals surface area contributed by atoms with E-state index < -0.39 is 0 Å². The fraction of sp³-hybridized carbons (Fsp3) is 0.684. The van der Waals surface area contributed by atoms with Crippen LogP contribution in [0.1, 0.15) is 26.7 Å². The molecule has 3 rings (SSSR count). The molecule has 2 aliphatic rings. The van der Waals surface area contributed by atoms with Crippen LogP contribution in [0.2, 0.25) is 0 Å². The number of rotatable bonds is 3. The monoisotopic (exact) mass is 303 g/mol. The fourth-order valence-electron chi connectivity index (χ4n) is 3.41. The average molecular weight is 303 g/mol. The van der Waals surface area contributed by atoms with E-state index in [1.165, 1.54) is 64.3 Å². The predicted octanol–water partition coefficient (Wildman–Crippen LogP) is 3.18. The molecule has 3 nitrogen and oxygen atoms in total. The van der Waals surface area contributed by atoms with Gasteiger partial charge in [0, 0.05) is 51.5 Å². The topological polar surface area (TPSA) is 9.72 Å². The molecule has 2 aliphatic heterocycles. The normalized spacial score (nSPS) is 21.3. The molecule has 0 radical (unpaired) electrons. The molecule has 2 heterocycles. The third-order valence-corrected chi connectivity index (χ3v) is 4.85. The summed E-state index contributed by atoms with van der Waals surface area (Å²) < 4.78 is 0. The molecule has 0 aliphatic carbocycles. The zero-order valence-electron chi connectivity index (χ0n) is 14.7. The van der Waals surface area contributed by atoms with Gasteiger partial charge in [-0.3, -0.25) is 0 Å². The Balaban J connectivity index is 0.000000847. The third-order valence-electron chi connectivity index (χ3n) is 4.85. The van der Waals surface area contributed by atoms with E-state index in [2.05, 4.69) is 52.1 Å². The van der Waals surface area contributed by atoms with Crippen LogP contribution in [-0.2, 0) is 0 Å². The van der Waals surface area contributed by atoms with E-state index in [-0.39, 0.29) is 0 Å². The molecular formula is C19H33N3. The molecule has 0 bridgehead atoms. The van der Waals surface area contributed by atoms with Crippen molar-refractivity contribution >= 4 is 5.69 Å². The number of likely N-dealkylation sites (N-methyl/N-ethyl adjacent to an activating group) is 1. The lowest BCUT2D eigenvalue weighted by Gasteiger charge is -2.38. The van der Waals surface area contributed by atoms with Crippen LogP contribution in [-0.4, -0.2) is 62.7 Å². The minimum Gasteiger partial charge on any atom is -0.372 e. The summed E-state index contributed by atoms with van der Waals surface area (Å²) in [6.07, 6.45) is 2.70. The molecule has 0 saturated carbocycles. The average Bonchev–Trinajstić information content (AvgIpc) is 2.60. The molecule has 0 aromatic heterocycles. The molecule has 1 aromatic carbocycles. The van der Waals surface area contributed by atoms with Crippen LogP contribution >= 0.6 is 0 Å². The third kappa shape index (κ3) is 4.99. The van der Waals surface area contributed by atoms with E-state index in [9.17, 15) is 0 Å². The highest BCUT2D eigenvalue weighted by Gasteiger charge is 2.23. The Kier molecular flexibility index (Phi) is 7.20. The van der Waals surface area contributed by atoms with Gasteiger partial charge in [-0.1, -0.05) is 32.0 Å². The Bertz CT molecular complexity index is 390. The Morgan fingerprint density at radius 2 is 1.45 bits per heavy atom. The summed E-state index contributed by atoms with van der Waals surface area (Å²) in [4.78, 5) is 7.65. The number of para-hydroxylation sites is 1. The van der Waals surface area contributed by atoms with Crippen molar-refractivity contribution in [2.45, 2.75) is 26.7 Å². The molecule has 22 heavy (non-hydrogen) atoms. The van der Waals surface area contributed by atoms with Gasteiger partial charge in [-0.2, -0.15) is 0 Å². The highest BCUT2D eigenvalue weighted by atomic mass is 15.2. The number of hydrogen-bond donors (Lipinski definition) is 0. The van der Waals surface area contributed by atoms with Crippen molar-refractivity contribution in [3.05, 3.63) is 30.3 Å². The van der Waals surface area contributed by atoms with Gasteiger partial charge in [0.05, 0.1) is 0 Å². The van der Waals surface area contributed by atoms with Gasteiger partial charge in [0.25, 0.3) is 0 Å². The van der Waals surface area contributed by atoms with Crippen LogP contribution in [0.15, 0.2) is 30.3 Å². The van der Waals surface area contributed by atoms with Crippen molar-refractivity contribution < 1.29 is 0 Å². The Hall–Kier alpha value is -1.06. The lowest BCUT2D eigenvalue weighted by Crippen LogP contribution is -2.47. The van der Waals surface area contributed by atoms with E-state index in [1.54, 1.807) is 0 Å². The minimum atomic E-state index is 0.901. The summed E-state index contributed by atoms with van der Waals surface area (Å²) in [6.45, 7) is 12.8. The molecule has 124 valence electrons. The molecule has 2 fully saturated rings. The first kappa shape index (κ1) is 17.3. The number of nitrogens with zero attached hydrogens (tertiary/aromatic N) is 3. The number of piperidine rings is 1. The van der Waals surface area contributed by atoms with Crippen LogP contribution in [0.3, 0.4) is 0 Å². The highest BCUT2D eigenvalue weighted by Crippen LogP contribution is 2.23. The SMILES string of the molecule is CC.CN1CCN(CC2CCN(c3ccccc3)CC2)CC1. The zero-order chi connectivity index (χ0) is 15.8. The molecule has 0 spiro atoms. The molecule has 3 heteroatoms. The standard InChI is InChI=1S/C17H27N3.C2H6/c1-18-11-13-19(14-12-18)15-16-7-9-20(10-8-16)17-5-3-2-4-6-17;1-2/h2-6,16H,7-15H2,1H3;1-2H3. The van der Waals surface area contributed by atoms with Crippen molar-refractivity contribution in [3.63, 3.8) is 0 Å². The quantitative estimate of drug-likeness (QED) is 0.849. The van der Waals surface area contributed by atoms with Crippen LogP contribution < -0.4 is 4.90 Å². The van der Waals surface area contributed by atoms with Crippen molar-refractivity contribution in [1.29, 1.82) is 0 Å². The molecule has 2 saturated heterocycles. The summed E-state index contributed by atoms with van der Waals surface area (Å²) >= 11 is 0. The van der Waals surface area contributed by atoms with Gasteiger partial charge in [0.2, 0.25) is 0 Å². The van der Waals surface area contributed by atoms with Crippen LogP contribution in [0, 0.1) is 5.92 Å². The maximum absolute atomic E-state index is 2.67. The van der Waals surface area contributed by atoms with Crippen LogP contribution in [0.5, 0.6) is 0 Å². The summed E-state index contributed by atoms with van der Waals surface area (Å²) in [5.74, 6) is 0.901. The molecule has 1 aromatic rings. The van der Waals surface area contributed by atoms with E-state index in [4.69, 9.17) is 0 Å². The van der Waals surface area contributed by atoms with E-state index in [1.807, 2.05) is 13.8 Å². The zero-order valence-corrected chi connectivity index (χ0v) is 14.7. The first-order chi connectivity index (χ1) is 10.8. The number of piperazine rings is 1. The van der Waals surface area contributed by atoms with Gasteiger partial charge in [-0.15, -0.1) is 0 Å². The van der Waals surface area contributed by atoms with Gasteiger partial charge in [-0.25, -0.2) is 0 Å². The second-order valence-corrected chi connectivity index (χ2v) is 6.37. The molecule has 0 N–H and O–H groups in total. The minimum absolute atomic E-state index is 0.901.